The molecular weight excluding hydrogens is 181 g/mol. The molecule has 0 amide bonds. The van der Waals surface area contributed by atoms with Crippen LogP contribution in [0.4, 0.5) is 4.39 Å². The molecule has 0 saturated carbocycles. The molecule has 78 valence electrons. The van der Waals surface area contributed by atoms with Gasteiger partial charge in [-0.05, 0) is 31.0 Å². The third kappa shape index (κ3) is 2.70. The van der Waals surface area contributed by atoms with Gasteiger partial charge in [0.25, 0.3) is 0 Å². The molecule has 1 unspecified atom stereocenters. The molecule has 0 spiro atoms. The molecule has 0 aliphatic rings. The maximum Gasteiger partial charge on any atom is 0.123 e. The molecule has 0 heterocycles. The number of benzene rings is 1. The highest BCUT2D eigenvalue weighted by Gasteiger charge is 2.03. The number of hydrogen-bond acceptors (Lipinski definition) is 2. The lowest BCUT2D eigenvalue weighted by atomic mass is 10.1. The van der Waals surface area contributed by atoms with E-state index in [2.05, 4.69) is 0 Å². The van der Waals surface area contributed by atoms with E-state index in [1.807, 2.05) is 32.0 Å². The zero-order valence-corrected chi connectivity index (χ0v) is 8.59. The molecule has 0 aromatic heterocycles. The van der Waals surface area contributed by atoms with Gasteiger partial charge in [0.05, 0.1) is 0 Å². The van der Waals surface area contributed by atoms with Crippen LogP contribution in [0.3, 0.4) is 0 Å². The van der Waals surface area contributed by atoms with E-state index in [0.717, 1.165) is 16.9 Å². The number of hydrogen-bond donors (Lipinski definition) is 1. The molecular formula is C11H16FNO. The minimum absolute atomic E-state index is 0.0175. The molecule has 3 heteroatoms. The van der Waals surface area contributed by atoms with E-state index in [4.69, 9.17) is 10.5 Å². The second-order valence-corrected chi connectivity index (χ2v) is 3.35. The van der Waals surface area contributed by atoms with Crippen LogP contribution in [-0.4, -0.2) is 13.3 Å². The highest BCUT2D eigenvalue weighted by atomic mass is 19.1. The molecule has 1 atom stereocenters. The van der Waals surface area contributed by atoms with Gasteiger partial charge in [0.15, 0.2) is 0 Å². The zero-order chi connectivity index (χ0) is 10.6. The van der Waals surface area contributed by atoms with E-state index in [0.29, 0.717) is 0 Å². The van der Waals surface area contributed by atoms with Gasteiger partial charge in [0.1, 0.15) is 19.0 Å². The van der Waals surface area contributed by atoms with E-state index >= 15 is 0 Å². The average molecular weight is 197 g/mol. The van der Waals surface area contributed by atoms with E-state index < -0.39 is 6.67 Å². The summed E-state index contributed by atoms with van der Waals surface area (Å²) in [5.41, 5.74) is 7.79. The minimum Gasteiger partial charge on any atom is -0.491 e. The molecule has 1 aromatic carbocycles. The Hall–Kier alpha value is -1.09. The molecule has 14 heavy (non-hydrogen) atoms. The van der Waals surface area contributed by atoms with Crippen molar-refractivity contribution in [2.75, 3.05) is 13.3 Å². The Morgan fingerprint density at radius 1 is 1.50 bits per heavy atom. The van der Waals surface area contributed by atoms with Gasteiger partial charge in [-0.2, -0.15) is 0 Å². The van der Waals surface area contributed by atoms with E-state index in [1.165, 1.54) is 0 Å². The largest absolute Gasteiger partial charge is 0.491 e. The number of aryl methyl sites for hydroxylation is 1. The van der Waals surface area contributed by atoms with Gasteiger partial charge < -0.3 is 10.5 Å². The highest BCUT2D eigenvalue weighted by molar-refractivity contribution is 5.37. The van der Waals surface area contributed by atoms with Crippen LogP contribution in [0.5, 0.6) is 5.75 Å². The molecule has 2 N–H and O–H groups in total. The first kappa shape index (κ1) is 11.0. The lowest BCUT2D eigenvalue weighted by Crippen LogP contribution is -2.06. The molecule has 0 aliphatic carbocycles. The van der Waals surface area contributed by atoms with Gasteiger partial charge in [-0.1, -0.05) is 12.1 Å². The van der Waals surface area contributed by atoms with Crippen molar-refractivity contribution < 1.29 is 9.13 Å². The fourth-order valence-corrected chi connectivity index (χ4v) is 1.27. The van der Waals surface area contributed by atoms with Crippen molar-refractivity contribution >= 4 is 0 Å². The second-order valence-electron chi connectivity index (χ2n) is 3.35. The van der Waals surface area contributed by atoms with Crippen molar-refractivity contribution in [3.8, 4) is 5.75 Å². The van der Waals surface area contributed by atoms with Crippen molar-refractivity contribution in [3.63, 3.8) is 0 Å². The molecule has 2 nitrogen and oxygen atoms in total. The van der Waals surface area contributed by atoms with Gasteiger partial charge in [-0.3, -0.25) is 0 Å². The van der Waals surface area contributed by atoms with Gasteiger partial charge in [0, 0.05) is 6.04 Å². The summed E-state index contributed by atoms with van der Waals surface area (Å²) in [4.78, 5) is 0. The van der Waals surface area contributed by atoms with Gasteiger partial charge in [0.2, 0.25) is 0 Å². The fraction of sp³-hybridized carbons (Fsp3) is 0.455. The standard InChI is InChI=1S/C11H16FNO/c1-8-7-10(9(2)13)3-4-11(8)14-6-5-12/h3-4,7,9H,5-6,13H2,1-2H3. The molecule has 0 radical (unpaired) electrons. The fourth-order valence-electron chi connectivity index (χ4n) is 1.27. The van der Waals surface area contributed by atoms with Crippen LogP contribution < -0.4 is 10.5 Å². The Morgan fingerprint density at radius 2 is 2.21 bits per heavy atom. The summed E-state index contributed by atoms with van der Waals surface area (Å²) in [5.74, 6) is 0.729. The molecule has 1 aromatic rings. The zero-order valence-electron chi connectivity index (χ0n) is 8.59. The van der Waals surface area contributed by atoms with Crippen LogP contribution in [0, 0.1) is 6.92 Å². The maximum absolute atomic E-state index is 11.9. The first-order chi connectivity index (χ1) is 6.65. The Bertz CT molecular complexity index is 299. The Morgan fingerprint density at radius 3 is 2.71 bits per heavy atom. The van der Waals surface area contributed by atoms with Crippen LogP contribution in [-0.2, 0) is 0 Å². The molecule has 0 aliphatic heterocycles. The number of alkyl halides is 1. The summed E-state index contributed by atoms with van der Waals surface area (Å²) >= 11 is 0. The van der Waals surface area contributed by atoms with Crippen LogP contribution in [0.15, 0.2) is 18.2 Å². The Kier molecular flexibility index (Phi) is 3.89. The number of rotatable bonds is 4. The van der Waals surface area contributed by atoms with Crippen molar-refractivity contribution in [1.82, 2.24) is 0 Å². The maximum atomic E-state index is 11.9. The topological polar surface area (TPSA) is 35.2 Å². The Balaban J connectivity index is 2.79. The van der Waals surface area contributed by atoms with Crippen molar-refractivity contribution in [1.29, 1.82) is 0 Å². The Labute approximate surface area is 83.9 Å². The second kappa shape index (κ2) is 4.96. The van der Waals surface area contributed by atoms with E-state index in [9.17, 15) is 4.39 Å². The quantitative estimate of drug-likeness (QED) is 0.804. The van der Waals surface area contributed by atoms with E-state index in [-0.39, 0.29) is 12.6 Å². The van der Waals surface area contributed by atoms with Crippen molar-refractivity contribution in [3.05, 3.63) is 29.3 Å². The van der Waals surface area contributed by atoms with E-state index in [1.54, 1.807) is 0 Å². The van der Waals surface area contributed by atoms with Crippen LogP contribution in [0.25, 0.3) is 0 Å². The predicted molar refractivity (Wildman–Crippen MR) is 55.3 cm³/mol. The minimum atomic E-state index is -0.464. The number of ether oxygens (including phenoxy) is 1. The highest BCUT2D eigenvalue weighted by Crippen LogP contribution is 2.21. The van der Waals surface area contributed by atoms with Gasteiger partial charge in [-0.25, -0.2) is 4.39 Å². The molecule has 0 bridgehead atoms. The smallest absolute Gasteiger partial charge is 0.123 e. The summed E-state index contributed by atoms with van der Waals surface area (Å²) in [6.45, 7) is 3.50. The molecule has 1 rings (SSSR count). The normalized spacial score (nSPS) is 12.6. The number of nitrogens with two attached hydrogens (primary N) is 1. The lowest BCUT2D eigenvalue weighted by Gasteiger charge is -2.11. The van der Waals surface area contributed by atoms with Crippen LogP contribution in [0.2, 0.25) is 0 Å². The summed E-state index contributed by atoms with van der Waals surface area (Å²) in [5, 5.41) is 0. The van der Waals surface area contributed by atoms with Crippen molar-refractivity contribution in [2.24, 2.45) is 5.73 Å². The van der Waals surface area contributed by atoms with Crippen LogP contribution >= 0.6 is 0 Å². The van der Waals surface area contributed by atoms with Gasteiger partial charge >= 0.3 is 0 Å². The average Bonchev–Trinajstić information content (AvgIpc) is 2.15. The first-order valence-corrected chi connectivity index (χ1v) is 4.70. The molecule has 0 fully saturated rings. The third-order valence-corrected chi connectivity index (χ3v) is 2.06. The summed E-state index contributed by atoms with van der Waals surface area (Å²) in [6, 6.07) is 5.73. The monoisotopic (exact) mass is 197 g/mol. The SMILES string of the molecule is Cc1cc(C(C)N)ccc1OCCF. The molecule has 0 saturated heterocycles. The third-order valence-electron chi connectivity index (χ3n) is 2.06. The number of halogens is 1. The van der Waals surface area contributed by atoms with Crippen molar-refractivity contribution in [2.45, 2.75) is 19.9 Å². The predicted octanol–water partition coefficient (Wildman–Crippen LogP) is 2.36. The summed E-state index contributed by atoms with van der Waals surface area (Å²) in [6.07, 6.45) is 0. The van der Waals surface area contributed by atoms with Crippen LogP contribution in [0.1, 0.15) is 24.1 Å². The van der Waals surface area contributed by atoms with Gasteiger partial charge in [-0.15, -0.1) is 0 Å². The summed E-state index contributed by atoms with van der Waals surface area (Å²) in [7, 11) is 0. The first-order valence-electron chi connectivity index (χ1n) is 4.70. The summed E-state index contributed by atoms with van der Waals surface area (Å²) < 4.78 is 17.1. The lowest BCUT2D eigenvalue weighted by molar-refractivity contribution is 0.272.